The van der Waals surface area contributed by atoms with Crippen LogP contribution < -0.4 is 0 Å². The number of hydrogen-bond acceptors (Lipinski definition) is 2. The average molecular weight is 183 g/mol. The normalized spacial score (nSPS) is 21.7. The standard InChI is InChI=1S/C10H17NO2/c1-3-9-7-5-6-8-11(9)10(12)13-4-2/h6,8-9H,3-5,7H2,1-2H3. The fraction of sp³-hybridized carbons (Fsp3) is 0.700. The topological polar surface area (TPSA) is 29.5 Å². The molecule has 0 saturated heterocycles. The number of amides is 1. The van der Waals surface area contributed by atoms with E-state index in [0.717, 1.165) is 19.3 Å². The molecule has 1 rings (SSSR count). The van der Waals surface area contributed by atoms with Crippen molar-refractivity contribution < 1.29 is 9.53 Å². The van der Waals surface area contributed by atoms with E-state index in [4.69, 9.17) is 4.74 Å². The van der Waals surface area contributed by atoms with Crippen LogP contribution in [0.15, 0.2) is 12.3 Å². The Hall–Kier alpha value is -0.990. The Morgan fingerprint density at radius 1 is 1.62 bits per heavy atom. The van der Waals surface area contributed by atoms with Gasteiger partial charge in [-0.05, 0) is 26.2 Å². The molecule has 0 saturated carbocycles. The summed E-state index contributed by atoms with van der Waals surface area (Å²) < 4.78 is 4.95. The van der Waals surface area contributed by atoms with E-state index in [0.29, 0.717) is 12.6 Å². The van der Waals surface area contributed by atoms with E-state index in [-0.39, 0.29) is 6.09 Å². The highest BCUT2D eigenvalue weighted by Gasteiger charge is 2.22. The molecule has 1 unspecified atom stereocenters. The summed E-state index contributed by atoms with van der Waals surface area (Å²) in [4.78, 5) is 13.1. The van der Waals surface area contributed by atoms with Crippen molar-refractivity contribution >= 4 is 6.09 Å². The smallest absolute Gasteiger partial charge is 0.414 e. The monoisotopic (exact) mass is 183 g/mol. The summed E-state index contributed by atoms with van der Waals surface area (Å²) in [6, 6.07) is 0.323. The maximum Gasteiger partial charge on any atom is 0.414 e. The molecule has 0 aromatic rings. The van der Waals surface area contributed by atoms with Gasteiger partial charge in [-0.1, -0.05) is 13.0 Å². The number of hydrogen-bond donors (Lipinski definition) is 0. The minimum Gasteiger partial charge on any atom is -0.449 e. The highest BCUT2D eigenvalue weighted by Crippen LogP contribution is 2.18. The Balaban J connectivity index is 2.58. The number of carbonyl (C=O) groups excluding carboxylic acids is 1. The molecular formula is C10H17NO2. The second kappa shape index (κ2) is 4.90. The average Bonchev–Trinajstić information content (AvgIpc) is 2.18. The molecule has 0 spiro atoms. The molecule has 74 valence electrons. The zero-order valence-electron chi connectivity index (χ0n) is 8.32. The molecule has 1 heterocycles. The van der Waals surface area contributed by atoms with E-state index < -0.39 is 0 Å². The first-order valence-electron chi connectivity index (χ1n) is 4.91. The van der Waals surface area contributed by atoms with Gasteiger partial charge in [-0.2, -0.15) is 0 Å². The summed E-state index contributed by atoms with van der Waals surface area (Å²) in [5, 5.41) is 0. The van der Waals surface area contributed by atoms with Crippen molar-refractivity contribution in [3.63, 3.8) is 0 Å². The van der Waals surface area contributed by atoms with Gasteiger partial charge in [0.1, 0.15) is 0 Å². The van der Waals surface area contributed by atoms with Gasteiger partial charge >= 0.3 is 6.09 Å². The van der Waals surface area contributed by atoms with Gasteiger partial charge in [0.15, 0.2) is 0 Å². The van der Waals surface area contributed by atoms with Crippen molar-refractivity contribution in [1.29, 1.82) is 0 Å². The van der Waals surface area contributed by atoms with Gasteiger partial charge in [-0.3, -0.25) is 4.90 Å². The molecule has 1 atom stereocenters. The van der Waals surface area contributed by atoms with Gasteiger partial charge in [0, 0.05) is 12.2 Å². The first-order chi connectivity index (χ1) is 6.29. The van der Waals surface area contributed by atoms with Crippen LogP contribution in [0.4, 0.5) is 4.79 Å². The predicted molar refractivity (Wildman–Crippen MR) is 51.3 cm³/mol. The zero-order chi connectivity index (χ0) is 9.68. The predicted octanol–water partition coefficient (Wildman–Crippen LogP) is 2.53. The molecule has 0 aromatic carbocycles. The SMILES string of the molecule is CCOC(=O)N1C=CCCC1CC. The Morgan fingerprint density at radius 2 is 2.38 bits per heavy atom. The first kappa shape index (κ1) is 10.1. The van der Waals surface area contributed by atoms with Crippen molar-refractivity contribution in [2.24, 2.45) is 0 Å². The number of allylic oxidation sites excluding steroid dienone is 1. The second-order valence-corrected chi connectivity index (χ2v) is 3.13. The molecule has 0 aromatic heterocycles. The number of nitrogens with zero attached hydrogens (tertiary/aromatic N) is 1. The molecule has 1 aliphatic rings. The second-order valence-electron chi connectivity index (χ2n) is 3.13. The maximum absolute atomic E-state index is 11.4. The third kappa shape index (κ3) is 2.47. The molecule has 0 N–H and O–H groups in total. The number of rotatable bonds is 2. The molecule has 13 heavy (non-hydrogen) atoms. The molecule has 0 aliphatic carbocycles. The van der Waals surface area contributed by atoms with E-state index in [1.807, 2.05) is 19.2 Å². The van der Waals surface area contributed by atoms with Crippen LogP contribution >= 0.6 is 0 Å². The third-order valence-electron chi connectivity index (χ3n) is 2.28. The van der Waals surface area contributed by atoms with Gasteiger partial charge < -0.3 is 4.74 Å². The van der Waals surface area contributed by atoms with Crippen molar-refractivity contribution in [1.82, 2.24) is 4.90 Å². The van der Waals surface area contributed by atoms with Crippen LogP contribution in [-0.4, -0.2) is 23.6 Å². The van der Waals surface area contributed by atoms with Gasteiger partial charge in [0.05, 0.1) is 6.61 Å². The van der Waals surface area contributed by atoms with Gasteiger partial charge in [-0.15, -0.1) is 0 Å². The van der Waals surface area contributed by atoms with Crippen LogP contribution in [0.2, 0.25) is 0 Å². The Bertz CT molecular complexity index is 201. The summed E-state index contributed by atoms with van der Waals surface area (Å²) in [7, 11) is 0. The molecule has 1 amide bonds. The molecular weight excluding hydrogens is 166 g/mol. The lowest BCUT2D eigenvalue weighted by atomic mass is 10.1. The molecule has 1 aliphatic heterocycles. The summed E-state index contributed by atoms with van der Waals surface area (Å²) >= 11 is 0. The van der Waals surface area contributed by atoms with Crippen LogP contribution in [0.5, 0.6) is 0 Å². The van der Waals surface area contributed by atoms with Gasteiger partial charge in [0.25, 0.3) is 0 Å². The van der Waals surface area contributed by atoms with Crippen LogP contribution in [0.3, 0.4) is 0 Å². The first-order valence-corrected chi connectivity index (χ1v) is 4.91. The minimum atomic E-state index is -0.217. The largest absolute Gasteiger partial charge is 0.449 e. The van der Waals surface area contributed by atoms with Crippen molar-refractivity contribution in [3.8, 4) is 0 Å². The molecule has 0 bridgehead atoms. The Labute approximate surface area is 79.4 Å². The number of carbonyl (C=O) groups is 1. The van der Waals surface area contributed by atoms with E-state index in [2.05, 4.69) is 6.92 Å². The van der Waals surface area contributed by atoms with Gasteiger partial charge in [-0.25, -0.2) is 4.79 Å². The van der Waals surface area contributed by atoms with E-state index in [1.165, 1.54) is 0 Å². The van der Waals surface area contributed by atoms with Crippen molar-refractivity contribution in [2.45, 2.75) is 39.2 Å². The molecule has 3 nitrogen and oxygen atoms in total. The Kier molecular flexibility index (Phi) is 3.80. The van der Waals surface area contributed by atoms with E-state index >= 15 is 0 Å². The minimum absolute atomic E-state index is 0.217. The van der Waals surface area contributed by atoms with Crippen molar-refractivity contribution in [2.75, 3.05) is 6.61 Å². The number of ether oxygens (including phenoxy) is 1. The summed E-state index contributed by atoms with van der Waals surface area (Å²) in [6.45, 7) is 4.36. The molecule has 3 heteroatoms. The van der Waals surface area contributed by atoms with Crippen LogP contribution in [-0.2, 0) is 4.74 Å². The van der Waals surface area contributed by atoms with E-state index in [9.17, 15) is 4.79 Å². The van der Waals surface area contributed by atoms with E-state index in [1.54, 1.807) is 4.90 Å². The summed E-state index contributed by atoms with van der Waals surface area (Å²) in [5.41, 5.74) is 0. The fourth-order valence-electron chi connectivity index (χ4n) is 1.55. The van der Waals surface area contributed by atoms with Crippen molar-refractivity contribution in [3.05, 3.63) is 12.3 Å². The lowest BCUT2D eigenvalue weighted by molar-refractivity contribution is 0.105. The lowest BCUT2D eigenvalue weighted by Gasteiger charge is -2.29. The van der Waals surface area contributed by atoms with Crippen LogP contribution in [0.1, 0.15) is 33.1 Å². The fourth-order valence-corrected chi connectivity index (χ4v) is 1.55. The quantitative estimate of drug-likeness (QED) is 0.658. The highest BCUT2D eigenvalue weighted by molar-refractivity contribution is 5.69. The van der Waals surface area contributed by atoms with Crippen LogP contribution in [0.25, 0.3) is 0 Å². The molecule has 0 radical (unpaired) electrons. The summed E-state index contributed by atoms with van der Waals surface area (Å²) in [6.07, 6.45) is 6.74. The van der Waals surface area contributed by atoms with Gasteiger partial charge in [0.2, 0.25) is 0 Å². The Morgan fingerprint density at radius 3 is 3.00 bits per heavy atom. The lowest BCUT2D eigenvalue weighted by Crippen LogP contribution is -2.37. The maximum atomic E-state index is 11.4. The summed E-state index contributed by atoms with van der Waals surface area (Å²) in [5.74, 6) is 0. The third-order valence-corrected chi connectivity index (χ3v) is 2.28. The zero-order valence-corrected chi connectivity index (χ0v) is 8.32. The highest BCUT2D eigenvalue weighted by atomic mass is 16.6. The molecule has 0 fully saturated rings. The van der Waals surface area contributed by atoms with Crippen LogP contribution in [0, 0.1) is 0 Å².